The number of hydrogen-bond donors (Lipinski definition) is 0. The minimum Gasteiger partial charge on any atom is -0.434 e. The van der Waals surface area contributed by atoms with E-state index < -0.39 is 23.7 Å². The van der Waals surface area contributed by atoms with Crippen LogP contribution in [0.25, 0.3) is 11.1 Å². The Morgan fingerprint density at radius 3 is 2.59 bits per heavy atom. The second kappa shape index (κ2) is 6.71. The fourth-order valence-corrected chi connectivity index (χ4v) is 2.64. The van der Waals surface area contributed by atoms with Crippen LogP contribution < -0.4 is 4.74 Å². The molecule has 2 rings (SSSR count). The predicted octanol–water partition coefficient (Wildman–Crippen LogP) is 5.63. The lowest BCUT2D eigenvalue weighted by molar-refractivity contribution is -0.0501. The minimum absolute atomic E-state index is 0.0937. The van der Waals surface area contributed by atoms with E-state index in [-0.39, 0.29) is 16.9 Å². The second-order valence-electron chi connectivity index (χ2n) is 4.37. The van der Waals surface area contributed by atoms with Crippen molar-refractivity contribution in [2.45, 2.75) is 13.5 Å². The van der Waals surface area contributed by atoms with Crippen molar-refractivity contribution in [3.63, 3.8) is 0 Å². The maximum absolute atomic E-state index is 14.2. The molecular weight excluding hydrogens is 385 g/mol. The standard InChI is InChI=1S/C15H9BrClF3O2/c1-7-8(3-2-4-11(7)16)9-5-12(22-15(19)20)10(6-21)14(18)13(9)17/h2-6,15H,1H3. The van der Waals surface area contributed by atoms with Crippen LogP contribution in [0.2, 0.25) is 5.02 Å². The molecule has 0 amide bonds. The quantitative estimate of drug-likeness (QED) is 0.629. The fraction of sp³-hybridized carbons (Fsp3) is 0.133. The van der Waals surface area contributed by atoms with E-state index in [9.17, 15) is 18.0 Å². The van der Waals surface area contributed by atoms with Gasteiger partial charge >= 0.3 is 6.61 Å². The molecule has 2 aromatic rings. The Kier molecular flexibility index (Phi) is 5.13. The molecule has 0 bridgehead atoms. The Labute approximate surface area is 138 Å². The number of carbonyl (C=O) groups excluding carboxylic acids is 1. The van der Waals surface area contributed by atoms with Gasteiger partial charge in [-0.15, -0.1) is 0 Å². The van der Waals surface area contributed by atoms with Crippen LogP contribution in [0.1, 0.15) is 15.9 Å². The van der Waals surface area contributed by atoms with E-state index in [0.29, 0.717) is 5.56 Å². The van der Waals surface area contributed by atoms with E-state index in [2.05, 4.69) is 20.7 Å². The first-order chi connectivity index (χ1) is 10.4. The molecule has 22 heavy (non-hydrogen) atoms. The zero-order valence-electron chi connectivity index (χ0n) is 11.2. The first kappa shape index (κ1) is 16.8. The molecule has 2 aromatic carbocycles. The molecule has 0 fully saturated rings. The monoisotopic (exact) mass is 392 g/mol. The summed E-state index contributed by atoms with van der Waals surface area (Å²) in [6, 6.07) is 6.27. The number of ether oxygens (including phenoxy) is 1. The molecule has 7 heteroatoms. The Hall–Kier alpha value is -1.53. The van der Waals surface area contributed by atoms with Crippen molar-refractivity contribution in [3.05, 3.63) is 50.7 Å². The molecule has 0 N–H and O–H groups in total. The molecule has 0 aliphatic carbocycles. The SMILES string of the molecule is Cc1c(Br)cccc1-c1cc(OC(F)F)c(C=O)c(F)c1Cl. The Morgan fingerprint density at radius 2 is 2.00 bits per heavy atom. The first-order valence-electron chi connectivity index (χ1n) is 6.04. The topological polar surface area (TPSA) is 26.3 Å². The zero-order valence-corrected chi connectivity index (χ0v) is 13.5. The minimum atomic E-state index is -3.18. The molecule has 116 valence electrons. The van der Waals surface area contributed by atoms with Crippen molar-refractivity contribution >= 4 is 33.8 Å². The van der Waals surface area contributed by atoms with Crippen LogP contribution in [0, 0.1) is 12.7 Å². The highest BCUT2D eigenvalue weighted by molar-refractivity contribution is 9.10. The summed E-state index contributed by atoms with van der Waals surface area (Å²) < 4.78 is 44.1. The predicted molar refractivity (Wildman–Crippen MR) is 81.3 cm³/mol. The number of hydrogen-bond acceptors (Lipinski definition) is 2. The highest BCUT2D eigenvalue weighted by Gasteiger charge is 2.21. The third-order valence-corrected chi connectivity index (χ3v) is 4.33. The molecule has 0 spiro atoms. The Morgan fingerprint density at radius 1 is 1.32 bits per heavy atom. The summed E-state index contributed by atoms with van der Waals surface area (Å²) in [5, 5.41) is -0.329. The van der Waals surface area contributed by atoms with Crippen LogP contribution in [-0.2, 0) is 0 Å². The molecule has 0 aliphatic heterocycles. The van der Waals surface area contributed by atoms with Crippen LogP contribution in [0.15, 0.2) is 28.7 Å². The van der Waals surface area contributed by atoms with Gasteiger partial charge in [0.1, 0.15) is 5.75 Å². The van der Waals surface area contributed by atoms with Crippen molar-refractivity contribution in [1.29, 1.82) is 0 Å². The zero-order chi connectivity index (χ0) is 16.4. The van der Waals surface area contributed by atoms with Crippen molar-refractivity contribution in [3.8, 4) is 16.9 Å². The molecule has 0 atom stereocenters. The fourth-order valence-electron chi connectivity index (χ4n) is 2.02. The lowest BCUT2D eigenvalue weighted by Gasteiger charge is -2.15. The number of benzene rings is 2. The van der Waals surface area contributed by atoms with Crippen LogP contribution in [-0.4, -0.2) is 12.9 Å². The van der Waals surface area contributed by atoms with Crippen molar-refractivity contribution in [2.24, 2.45) is 0 Å². The highest BCUT2D eigenvalue weighted by Crippen LogP contribution is 2.39. The van der Waals surface area contributed by atoms with Gasteiger partial charge in [-0.3, -0.25) is 4.79 Å². The number of halogens is 5. The van der Waals surface area contributed by atoms with Gasteiger partial charge in [-0.25, -0.2) is 4.39 Å². The van der Waals surface area contributed by atoms with E-state index >= 15 is 0 Å². The van der Waals surface area contributed by atoms with Crippen molar-refractivity contribution < 1.29 is 22.7 Å². The van der Waals surface area contributed by atoms with E-state index in [4.69, 9.17) is 11.6 Å². The number of carbonyl (C=O) groups is 1. The average Bonchev–Trinajstić information content (AvgIpc) is 2.46. The maximum Gasteiger partial charge on any atom is 0.387 e. The summed E-state index contributed by atoms with van der Waals surface area (Å²) >= 11 is 9.28. The Balaban J connectivity index is 2.74. The van der Waals surface area contributed by atoms with E-state index in [1.165, 1.54) is 0 Å². The smallest absolute Gasteiger partial charge is 0.387 e. The lowest BCUT2D eigenvalue weighted by atomic mass is 9.98. The van der Waals surface area contributed by atoms with Gasteiger partial charge in [-0.05, 0) is 30.2 Å². The van der Waals surface area contributed by atoms with Crippen LogP contribution in [0.3, 0.4) is 0 Å². The van der Waals surface area contributed by atoms with Gasteiger partial charge in [-0.1, -0.05) is 39.7 Å². The van der Waals surface area contributed by atoms with Gasteiger partial charge in [0.25, 0.3) is 0 Å². The van der Waals surface area contributed by atoms with Gasteiger partial charge < -0.3 is 4.74 Å². The summed E-state index contributed by atoms with van der Waals surface area (Å²) in [6.45, 7) is -1.43. The summed E-state index contributed by atoms with van der Waals surface area (Å²) in [5.41, 5.74) is 0.807. The molecule has 0 aliphatic rings. The molecule has 0 heterocycles. The van der Waals surface area contributed by atoms with Gasteiger partial charge in [0.05, 0.1) is 10.6 Å². The highest BCUT2D eigenvalue weighted by atomic mass is 79.9. The molecule has 0 saturated heterocycles. The van der Waals surface area contributed by atoms with Crippen molar-refractivity contribution in [2.75, 3.05) is 0 Å². The number of rotatable bonds is 4. The van der Waals surface area contributed by atoms with E-state index in [0.717, 1.165) is 16.1 Å². The number of alkyl halides is 2. The van der Waals surface area contributed by atoms with Crippen LogP contribution in [0.4, 0.5) is 13.2 Å². The maximum atomic E-state index is 14.2. The average molecular weight is 394 g/mol. The second-order valence-corrected chi connectivity index (χ2v) is 5.60. The van der Waals surface area contributed by atoms with Gasteiger partial charge in [0.15, 0.2) is 12.1 Å². The third kappa shape index (κ3) is 3.13. The lowest BCUT2D eigenvalue weighted by Crippen LogP contribution is -2.06. The van der Waals surface area contributed by atoms with Crippen LogP contribution in [0.5, 0.6) is 5.75 Å². The van der Waals surface area contributed by atoms with Gasteiger partial charge in [-0.2, -0.15) is 8.78 Å². The van der Waals surface area contributed by atoms with Crippen molar-refractivity contribution in [1.82, 2.24) is 0 Å². The molecule has 0 saturated carbocycles. The molecule has 0 radical (unpaired) electrons. The first-order valence-corrected chi connectivity index (χ1v) is 7.21. The Bertz CT molecular complexity index is 735. The molecule has 2 nitrogen and oxygen atoms in total. The van der Waals surface area contributed by atoms with E-state index in [1.54, 1.807) is 25.1 Å². The third-order valence-electron chi connectivity index (χ3n) is 3.10. The largest absolute Gasteiger partial charge is 0.434 e. The normalized spacial score (nSPS) is 10.9. The summed E-state index contributed by atoms with van der Waals surface area (Å²) in [7, 11) is 0. The van der Waals surface area contributed by atoms with E-state index in [1.807, 2.05) is 0 Å². The van der Waals surface area contributed by atoms with Crippen LogP contribution >= 0.6 is 27.5 Å². The summed E-state index contributed by atoms with van der Waals surface area (Å²) in [6.07, 6.45) is 0.0937. The molecular formula is C15H9BrClF3O2. The van der Waals surface area contributed by atoms with Gasteiger partial charge in [0, 0.05) is 10.0 Å². The summed E-state index contributed by atoms with van der Waals surface area (Å²) in [4.78, 5) is 10.9. The summed E-state index contributed by atoms with van der Waals surface area (Å²) in [5.74, 6) is -1.65. The molecule has 0 aromatic heterocycles. The number of aldehydes is 1. The molecule has 0 unspecified atom stereocenters. The van der Waals surface area contributed by atoms with Gasteiger partial charge in [0.2, 0.25) is 0 Å².